The maximum absolute atomic E-state index is 4.65. The Morgan fingerprint density at radius 3 is 2.56 bits per heavy atom. The van der Waals surface area contributed by atoms with Gasteiger partial charge >= 0.3 is 0 Å². The Balaban J connectivity index is 1.45. The average molecular weight is 447 g/mol. The van der Waals surface area contributed by atoms with Crippen LogP contribution in [0.25, 0.3) is 55.7 Å². The van der Waals surface area contributed by atoms with E-state index < -0.39 is 0 Å². The molecule has 0 aliphatic carbocycles. The molecule has 166 valence electrons. The molecule has 0 spiro atoms. The van der Waals surface area contributed by atoms with Crippen LogP contribution in [-0.2, 0) is 6.54 Å². The molecule has 0 amide bonds. The molecule has 6 heterocycles. The Labute approximate surface area is 195 Å². The zero-order valence-corrected chi connectivity index (χ0v) is 18.8. The van der Waals surface area contributed by atoms with Crippen LogP contribution in [0.1, 0.15) is 5.56 Å². The van der Waals surface area contributed by atoms with Crippen LogP contribution in [0.3, 0.4) is 0 Å². The number of fused-ring (bicyclic) bond motifs is 2. The van der Waals surface area contributed by atoms with Crippen LogP contribution in [0.2, 0.25) is 0 Å². The van der Waals surface area contributed by atoms with Gasteiger partial charge in [-0.2, -0.15) is 5.10 Å². The predicted octanol–water partition coefficient (Wildman–Crippen LogP) is 4.69. The molecule has 0 fully saturated rings. The average Bonchev–Trinajstić information content (AvgIpc) is 3.48. The number of hydrogen-bond acceptors (Lipinski definition) is 6. The minimum atomic E-state index is 0.815. The van der Waals surface area contributed by atoms with Gasteiger partial charge in [-0.25, -0.2) is 4.98 Å². The summed E-state index contributed by atoms with van der Waals surface area (Å²) in [5.74, 6) is 0. The largest absolute Gasteiger partial charge is 0.338 e. The second-order valence-corrected chi connectivity index (χ2v) is 8.55. The van der Waals surface area contributed by atoms with Crippen molar-refractivity contribution in [3.05, 3.63) is 79.1 Å². The van der Waals surface area contributed by atoms with Gasteiger partial charge in [0.1, 0.15) is 11.3 Å². The molecule has 0 aromatic carbocycles. The Morgan fingerprint density at radius 1 is 0.824 bits per heavy atom. The summed E-state index contributed by atoms with van der Waals surface area (Å²) in [6.45, 7) is 0.821. The number of aromatic nitrogens is 7. The topological polar surface area (TPSA) is 99.3 Å². The summed E-state index contributed by atoms with van der Waals surface area (Å²) in [7, 11) is 4.09. The van der Waals surface area contributed by atoms with E-state index in [4.69, 9.17) is 0 Å². The smallest absolute Gasteiger partial charge is 0.138 e. The SMILES string of the molecule is CN(C)Cc1cncc(-c2cc3c(-c4cc5c(-c6ccncc6)ccnc5[nH]4)n[nH]c3cn2)c1. The molecule has 0 aliphatic heterocycles. The van der Waals surface area contributed by atoms with Crippen molar-refractivity contribution < 1.29 is 0 Å². The highest BCUT2D eigenvalue weighted by molar-refractivity contribution is 6.00. The fourth-order valence-electron chi connectivity index (χ4n) is 4.30. The number of pyridine rings is 4. The van der Waals surface area contributed by atoms with Gasteiger partial charge in [0.05, 0.1) is 23.1 Å². The highest BCUT2D eigenvalue weighted by Crippen LogP contribution is 2.33. The first-order valence-electron chi connectivity index (χ1n) is 11.0. The van der Waals surface area contributed by atoms with E-state index in [1.807, 2.05) is 57.1 Å². The van der Waals surface area contributed by atoms with Crippen LogP contribution in [0.4, 0.5) is 0 Å². The van der Waals surface area contributed by atoms with Crippen molar-refractivity contribution in [3.63, 3.8) is 0 Å². The first kappa shape index (κ1) is 20.2. The highest BCUT2D eigenvalue weighted by atomic mass is 15.1. The first-order chi connectivity index (χ1) is 16.7. The van der Waals surface area contributed by atoms with Crippen LogP contribution < -0.4 is 0 Å². The molecule has 6 aromatic rings. The summed E-state index contributed by atoms with van der Waals surface area (Å²) < 4.78 is 0. The molecular weight excluding hydrogens is 424 g/mol. The lowest BCUT2D eigenvalue weighted by Gasteiger charge is -2.10. The Bertz CT molecular complexity index is 1610. The molecular formula is C26H22N8. The quantitative estimate of drug-likeness (QED) is 0.399. The van der Waals surface area contributed by atoms with Gasteiger partial charge in [0.25, 0.3) is 0 Å². The normalized spacial score (nSPS) is 11.6. The van der Waals surface area contributed by atoms with Crippen LogP contribution in [0.5, 0.6) is 0 Å². The number of aromatic amines is 2. The molecule has 6 rings (SSSR count). The Hall–Kier alpha value is -4.43. The molecule has 0 bridgehead atoms. The molecule has 8 nitrogen and oxygen atoms in total. The van der Waals surface area contributed by atoms with Crippen molar-refractivity contribution in [1.29, 1.82) is 0 Å². The molecule has 0 saturated carbocycles. The van der Waals surface area contributed by atoms with Gasteiger partial charge in [0, 0.05) is 53.9 Å². The monoisotopic (exact) mass is 446 g/mol. The van der Waals surface area contributed by atoms with E-state index in [0.29, 0.717) is 0 Å². The van der Waals surface area contributed by atoms with Crippen LogP contribution in [0, 0.1) is 0 Å². The Morgan fingerprint density at radius 2 is 1.71 bits per heavy atom. The molecule has 2 N–H and O–H groups in total. The number of H-pyrrole nitrogens is 2. The van der Waals surface area contributed by atoms with Crippen molar-refractivity contribution in [2.75, 3.05) is 14.1 Å². The van der Waals surface area contributed by atoms with Crippen molar-refractivity contribution in [2.24, 2.45) is 0 Å². The minimum absolute atomic E-state index is 0.815. The summed E-state index contributed by atoms with van der Waals surface area (Å²) in [6, 6.07) is 12.3. The van der Waals surface area contributed by atoms with E-state index in [2.05, 4.69) is 58.2 Å². The second-order valence-electron chi connectivity index (χ2n) is 8.55. The van der Waals surface area contributed by atoms with Crippen molar-refractivity contribution in [3.8, 4) is 33.8 Å². The summed E-state index contributed by atoms with van der Waals surface area (Å²) in [5, 5.41) is 9.73. The van der Waals surface area contributed by atoms with Gasteiger partial charge < -0.3 is 9.88 Å². The molecule has 0 atom stereocenters. The highest BCUT2D eigenvalue weighted by Gasteiger charge is 2.15. The van der Waals surface area contributed by atoms with Gasteiger partial charge in [-0.1, -0.05) is 0 Å². The van der Waals surface area contributed by atoms with Crippen LogP contribution >= 0.6 is 0 Å². The van der Waals surface area contributed by atoms with Crippen molar-refractivity contribution >= 4 is 21.9 Å². The lowest BCUT2D eigenvalue weighted by molar-refractivity contribution is 0.402. The number of rotatable bonds is 5. The summed E-state index contributed by atoms with van der Waals surface area (Å²) in [4.78, 5) is 23.3. The van der Waals surface area contributed by atoms with E-state index >= 15 is 0 Å². The van der Waals surface area contributed by atoms with Crippen molar-refractivity contribution in [2.45, 2.75) is 6.54 Å². The molecule has 8 heteroatoms. The van der Waals surface area contributed by atoms with Crippen LogP contribution in [0.15, 0.2) is 73.6 Å². The third-order valence-corrected chi connectivity index (χ3v) is 5.82. The number of nitrogens with zero attached hydrogens (tertiary/aromatic N) is 6. The zero-order valence-electron chi connectivity index (χ0n) is 18.8. The third kappa shape index (κ3) is 3.60. The van der Waals surface area contributed by atoms with E-state index in [1.54, 1.807) is 12.4 Å². The summed E-state index contributed by atoms with van der Waals surface area (Å²) >= 11 is 0. The number of nitrogens with one attached hydrogen (secondary N) is 2. The molecule has 34 heavy (non-hydrogen) atoms. The maximum atomic E-state index is 4.65. The molecule has 0 saturated heterocycles. The first-order valence-corrected chi connectivity index (χ1v) is 11.0. The van der Waals surface area contributed by atoms with Crippen molar-refractivity contribution in [1.82, 2.24) is 40.0 Å². The fourth-order valence-corrected chi connectivity index (χ4v) is 4.30. The lowest BCUT2D eigenvalue weighted by Crippen LogP contribution is -2.10. The lowest BCUT2D eigenvalue weighted by atomic mass is 10.0. The summed E-state index contributed by atoms with van der Waals surface area (Å²) in [6.07, 6.45) is 11.0. The maximum Gasteiger partial charge on any atom is 0.138 e. The molecule has 0 aliphatic rings. The van der Waals surface area contributed by atoms with E-state index in [-0.39, 0.29) is 0 Å². The molecule has 0 radical (unpaired) electrons. The molecule has 6 aromatic heterocycles. The van der Waals surface area contributed by atoms with Gasteiger partial charge in [-0.3, -0.25) is 20.1 Å². The standard InChI is InChI=1S/C26H22N8/c1-34(2)15-16-9-18(13-28-12-16)22-11-21-24(14-30-22)32-33-25(21)23-10-20-19(5-8-29-26(20)31-23)17-3-6-27-7-4-17/h3-14H,15H2,1-2H3,(H,29,31)(H,32,33). The van der Waals surface area contributed by atoms with E-state index in [1.165, 1.54) is 0 Å². The van der Waals surface area contributed by atoms with Crippen LogP contribution in [-0.4, -0.2) is 54.1 Å². The zero-order chi connectivity index (χ0) is 23.1. The third-order valence-electron chi connectivity index (χ3n) is 5.82. The van der Waals surface area contributed by atoms with E-state index in [0.717, 1.165) is 67.8 Å². The number of hydrogen-bond donors (Lipinski definition) is 2. The predicted molar refractivity (Wildman–Crippen MR) is 133 cm³/mol. The second kappa shape index (κ2) is 8.17. The van der Waals surface area contributed by atoms with Gasteiger partial charge in [0.15, 0.2) is 0 Å². The minimum Gasteiger partial charge on any atom is -0.338 e. The van der Waals surface area contributed by atoms with Gasteiger partial charge in [0.2, 0.25) is 0 Å². The van der Waals surface area contributed by atoms with Gasteiger partial charge in [-0.05, 0) is 67.2 Å². The van der Waals surface area contributed by atoms with E-state index in [9.17, 15) is 0 Å². The summed E-state index contributed by atoms with van der Waals surface area (Å²) in [5.41, 5.74) is 8.58. The Kier molecular flexibility index (Phi) is 4.85. The molecule has 0 unspecified atom stereocenters. The van der Waals surface area contributed by atoms with Gasteiger partial charge in [-0.15, -0.1) is 0 Å². The fraction of sp³-hybridized carbons (Fsp3) is 0.115.